The largest absolute Gasteiger partial charge is 0.294 e. The van der Waals surface area contributed by atoms with Crippen LogP contribution in [0.25, 0.3) is 0 Å². The number of Topliss-reactive ketones (excluding diaryl/α,β-unsaturated/α-hetero) is 1. The average molecular weight is 239 g/mol. The topological polar surface area (TPSA) is 42.9 Å². The summed E-state index contributed by atoms with van der Waals surface area (Å²) >= 11 is 7.10. The summed E-state index contributed by atoms with van der Waals surface area (Å²) in [5, 5.41) is 0.393. The Morgan fingerprint density at radius 3 is 2.87 bits per heavy atom. The van der Waals surface area contributed by atoms with Crippen LogP contribution in [0, 0.1) is 0 Å². The van der Waals surface area contributed by atoms with E-state index in [-0.39, 0.29) is 5.78 Å². The minimum Gasteiger partial charge on any atom is -0.294 e. The summed E-state index contributed by atoms with van der Waals surface area (Å²) < 4.78 is 0. The van der Waals surface area contributed by atoms with Crippen LogP contribution in [0.5, 0.6) is 0 Å². The van der Waals surface area contributed by atoms with Gasteiger partial charge in [0.15, 0.2) is 5.78 Å². The van der Waals surface area contributed by atoms with Crippen molar-refractivity contribution in [1.29, 1.82) is 0 Å². The van der Waals surface area contributed by atoms with Gasteiger partial charge in [0.25, 0.3) is 0 Å². The molecule has 0 radical (unpaired) electrons. The zero-order valence-electron chi connectivity index (χ0n) is 7.68. The first-order valence-corrected chi connectivity index (χ1v) is 5.53. The molecule has 0 amide bonds. The van der Waals surface area contributed by atoms with Crippen LogP contribution in [-0.2, 0) is 6.42 Å². The fourth-order valence-electron chi connectivity index (χ4n) is 1.13. The van der Waals surface area contributed by atoms with Gasteiger partial charge in [-0.3, -0.25) is 9.78 Å². The number of hydrogen-bond acceptors (Lipinski definition) is 4. The van der Waals surface area contributed by atoms with Gasteiger partial charge >= 0.3 is 0 Å². The standard InChI is InChI=1S/C10H7ClN2OS/c11-10-2-1-7(4-13-10)9(14)3-8-5-12-6-15-8/h1-2,4-6H,3H2. The summed E-state index contributed by atoms with van der Waals surface area (Å²) in [4.78, 5) is 20.4. The minimum absolute atomic E-state index is 0.0309. The molecule has 0 atom stereocenters. The molecule has 0 aromatic carbocycles. The average Bonchev–Trinajstić information content (AvgIpc) is 2.71. The second-order valence-corrected chi connectivity index (χ2v) is 4.30. The SMILES string of the molecule is O=C(Cc1cncs1)c1ccc(Cl)nc1. The fourth-order valence-corrected chi connectivity index (χ4v) is 1.84. The third-order valence-corrected chi connectivity index (χ3v) is 2.87. The first-order valence-electron chi connectivity index (χ1n) is 4.28. The number of ketones is 1. The summed E-state index contributed by atoms with van der Waals surface area (Å²) in [5.41, 5.74) is 2.29. The van der Waals surface area contributed by atoms with Gasteiger partial charge in [-0.2, -0.15) is 0 Å². The number of aromatic nitrogens is 2. The molecule has 0 unspecified atom stereocenters. The predicted molar refractivity (Wildman–Crippen MR) is 59.4 cm³/mol. The maximum atomic E-state index is 11.7. The molecule has 2 rings (SSSR count). The van der Waals surface area contributed by atoms with E-state index in [0.717, 1.165) is 4.88 Å². The molecule has 0 spiro atoms. The number of carbonyl (C=O) groups is 1. The van der Waals surface area contributed by atoms with E-state index in [9.17, 15) is 4.79 Å². The zero-order chi connectivity index (χ0) is 10.7. The highest BCUT2D eigenvalue weighted by molar-refractivity contribution is 7.09. The van der Waals surface area contributed by atoms with Gasteiger partial charge in [0.2, 0.25) is 0 Å². The van der Waals surface area contributed by atoms with Crippen molar-refractivity contribution < 1.29 is 4.79 Å². The van der Waals surface area contributed by atoms with Gasteiger partial charge in [-0.05, 0) is 12.1 Å². The van der Waals surface area contributed by atoms with Crippen molar-refractivity contribution >= 4 is 28.7 Å². The molecule has 0 bridgehead atoms. The summed E-state index contributed by atoms with van der Waals surface area (Å²) in [6.07, 6.45) is 3.56. The molecule has 3 nitrogen and oxygen atoms in total. The predicted octanol–water partition coefficient (Wildman–Crippen LogP) is 2.62. The van der Waals surface area contributed by atoms with Crippen molar-refractivity contribution in [1.82, 2.24) is 9.97 Å². The molecule has 0 fully saturated rings. The van der Waals surface area contributed by atoms with Crippen LogP contribution in [0.15, 0.2) is 30.0 Å². The quantitative estimate of drug-likeness (QED) is 0.610. The normalized spacial score (nSPS) is 10.2. The summed E-state index contributed by atoms with van der Waals surface area (Å²) in [7, 11) is 0. The first kappa shape index (κ1) is 10.3. The molecule has 5 heteroatoms. The number of nitrogens with zero attached hydrogens (tertiary/aromatic N) is 2. The van der Waals surface area contributed by atoms with Crippen LogP contribution < -0.4 is 0 Å². The molecule has 76 valence electrons. The Labute approximate surface area is 95.8 Å². The summed E-state index contributed by atoms with van der Waals surface area (Å²) in [6.45, 7) is 0. The van der Waals surface area contributed by atoms with Gasteiger partial charge < -0.3 is 0 Å². The molecule has 0 aliphatic rings. The van der Waals surface area contributed by atoms with Gasteiger partial charge in [0.05, 0.1) is 5.51 Å². The van der Waals surface area contributed by atoms with E-state index < -0.39 is 0 Å². The molecule has 0 saturated heterocycles. The molecule has 2 aromatic rings. The molecular formula is C10H7ClN2OS. The Hall–Kier alpha value is -1.26. The van der Waals surface area contributed by atoms with Crippen molar-refractivity contribution in [2.75, 3.05) is 0 Å². The van der Waals surface area contributed by atoms with E-state index in [1.807, 2.05) is 0 Å². The van der Waals surface area contributed by atoms with E-state index in [4.69, 9.17) is 11.6 Å². The number of thiazole rings is 1. The third kappa shape index (κ3) is 2.61. The summed E-state index contributed by atoms with van der Waals surface area (Å²) in [6, 6.07) is 3.29. The number of rotatable bonds is 3. The second-order valence-electron chi connectivity index (χ2n) is 2.94. The van der Waals surface area contributed by atoms with Crippen molar-refractivity contribution in [2.24, 2.45) is 0 Å². The highest BCUT2D eigenvalue weighted by Crippen LogP contribution is 2.11. The molecule has 0 N–H and O–H groups in total. The Morgan fingerprint density at radius 2 is 2.27 bits per heavy atom. The van der Waals surface area contributed by atoms with E-state index in [1.54, 1.807) is 23.8 Å². The Kier molecular flexibility index (Phi) is 3.08. The van der Waals surface area contributed by atoms with Crippen LogP contribution in [0.2, 0.25) is 5.15 Å². The molecule has 2 aromatic heterocycles. The van der Waals surface area contributed by atoms with Gasteiger partial charge in [-0.1, -0.05) is 11.6 Å². The lowest BCUT2D eigenvalue weighted by Gasteiger charge is -1.97. The molecule has 0 aliphatic carbocycles. The van der Waals surface area contributed by atoms with Gasteiger partial charge in [-0.15, -0.1) is 11.3 Å². The Bertz CT molecular complexity index is 453. The molecule has 2 heterocycles. The lowest BCUT2D eigenvalue weighted by atomic mass is 10.1. The van der Waals surface area contributed by atoms with E-state index >= 15 is 0 Å². The van der Waals surface area contributed by atoms with Crippen LogP contribution in [0.1, 0.15) is 15.2 Å². The Balaban J connectivity index is 2.11. The summed E-state index contributed by atoms with van der Waals surface area (Å²) in [5.74, 6) is 0.0309. The lowest BCUT2D eigenvalue weighted by Crippen LogP contribution is -2.02. The number of pyridine rings is 1. The highest BCUT2D eigenvalue weighted by Gasteiger charge is 2.08. The maximum absolute atomic E-state index is 11.7. The van der Waals surface area contributed by atoms with E-state index in [1.165, 1.54) is 17.5 Å². The monoisotopic (exact) mass is 238 g/mol. The second kappa shape index (κ2) is 4.51. The smallest absolute Gasteiger partial charge is 0.169 e. The first-order chi connectivity index (χ1) is 7.25. The maximum Gasteiger partial charge on any atom is 0.169 e. The molecule has 0 aliphatic heterocycles. The van der Waals surface area contributed by atoms with Crippen LogP contribution in [0.4, 0.5) is 0 Å². The van der Waals surface area contributed by atoms with Gasteiger partial charge in [-0.25, -0.2) is 4.98 Å². The highest BCUT2D eigenvalue weighted by atomic mass is 35.5. The number of carbonyl (C=O) groups excluding carboxylic acids is 1. The molecule has 0 saturated carbocycles. The van der Waals surface area contributed by atoms with Crippen molar-refractivity contribution in [3.8, 4) is 0 Å². The number of halogens is 1. The zero-order valence-corrected chi connectivity index (χ0v) is 9.26. The fraction of sp³-hybridized carbons (Fsp3) is 0.100. The van der Waals surface area contributed by atoms with Gasteiger partial charge in [0, 0.05) is 29.3 Å². The molecular weight excluding hydrogens is 232 g/mol. The van der Waals surface area contributed by atoms with Crippen LogP contribution in [0.3, 0.4) is 0 Å². The van der Waals surface area contributed by atoms with Crippen molar-refractivity contribution in [3.63, 3.8) is 0 Å². The van der Waals surface area contributed by atoms with Crippen LogP contribution >= 0.6 is 22.9 Å². The minimum atomic E-state index is 0.0309. The molecule has 15 heavy (non-hydrogen) atoms. The Morgan fingerprint density at radius 1 is 1.40 bits per heavy atom. The lowest BCUT2D eigenvalue weighted by molar-refractivity contribution is 0.0993. The van der Waals surface area contributed by atoms with Crippen molar-refractivity contribution in [3.05, 3.63) is 45.6 Å². The van der Waals surface area contributed by atoms with Crippen molar-refractivity contribution in [2.45, 2.75) is 6.42 Å². The van der Waals surface area contributed by atoms with Gasteiger partial charge in [0.1, 0.15) is 5.15 Å². The number of hydrogen-bond donors (Lipinski definition) is 0. The third-order valence-electron chi connectivity index (χ3n) is 1.87. The van der Waals surface area contributed by atoms with Crippen LogP contribution in [-0.4, -0.2) is 15.8 Å². The van der Waals surface area contributed by atoms with E-state index in [0.29, 0.717) is 17.1 Å². The van der Waals surface area contributed by atoms with E-state index in [2.05, 4.69) is 9.97 Å².